The number of aromatic amines is 1. The maximum atomic E-state index is 8.70. The van der Waals surface area contributed by atoms with E-state index in [4.69, 9.17) is 5.26 Å². The van der Waals surface area contributed by atoms with Crippen molar-refractivity contribution in [3.05, 3.63) is 24.8 Å². The largest absolute Gasteiger partial charge is 0.346 e. The van der Waals surface area contributed by atoms with Crippen molar-refractivity contribution in [2.45, 2.75) is 25.3 Å². The zero-order valence-electron chi connectivity index (χ0n) is 12.4. The highest BCUT2D eigenvalue weighted by atomic mass is 15.2. The molecule has 0 unspecified atom stereocenters. The second kappa shape index (κ2) is 5.43. The van der Waals surface area contributed by atoms with Gasteiger partial charge in [0.15, 0.2) is 0 Å². The molecule has 22 heavy (non-hydrogen) atoms. The van der Waals surface area contributed by atoms with E-state index in [1.54, 1.807) is 0 Å². The van der Waals surface area contributed by atoms with E-state index in [1.807, 2.05) is 18.7 Å². The van der Waals surface area contributed by atoms with Gasteiger partial charge < -0.3 is 14.5 Å². The number of hydrogen-bond acceptors (Lipinski definition) is 4. The molecule has 1 N–H and O–H groups in total. The van der Waals surface area contributed by atoms with E-state index in [-0.39, 0.29) is 0 Å². The van der Waals surface area contributed by atoms with Crippen LogP contribution < -0.4 is 0 Å². The first-order valence-electron chi connectivity index (χ1n) is 7.75. The van der Waals surface area contributed by atoms with E-state index in [2.05, 4.69) is 36.6 Å². The number of H-pyrrole nitrogens is 1. The Bertz CT molecular complexity index is 831. The summed E-state index contributed by atoms with van der Waals surface area (Å²) < 4.78 is 2.31. The SMILES string of the molecule is N#CCCN1CCC(n2cnc3cnc4[nH]ccc4c32)CC1. The van der Waals surface area contributed by atoms with Gasteiger partial charge in [-0.1, -0.05) is 0 Å². The minimum Gasteiger partial charge on any atom is -0.346 e. The molecule has 0 bridgehead atoms. The average Bonchev–Trinajstić information content (AvgIpc) is 3.19. The minimum absolute atomic E-state index is 0.476. The summed E-state index contributed by atoms with van der Waals surface area (Å²) in [5.74, 6) is 0. The van der Waals surface area contributed by atoms with Crippen LogP contribution in [0.4, 0.5) is 0 Å². The highest BCUT2D eigenvalue weighted by molar-refractivity contribution is 6.00. The summed E-state index contributed by atoms with van der Waals surface area (Å²) in [6.45, 7) is 2.99. The first kappa shape index (κ1) is 13.3. The molecule has 4 rings (SSSR count). The molecule has 1 aliphatic heterocycles. The fourth-order valence-electron chi connectivity index (χ4n) is 3.44. The quantitative estimate of drug-likeness (QED) is 0.805. The lowest BCUT2D eigenvalue weighted by Gasteiger charge is -2.32. The molecule has 6 nitrogen and oxygen atoms in total. The topological polar surface area (TPSA) is 73.5 Å². The van der Waals surface area contributed by atoms with Crippen molar-refractivity contribution in [1.82, 2.24) is 24.4 Å². The van der Waals surface area contributed by atoms with Gasteiger partial charge in [0.05, 0.1) is 24.1 Å². The highest BCUT2D eigenvalue weighted by Crippen LogP contribution is 2.29. The Balaban J connectivity index is 1.62. The second-order valence-electron chi connectivity index (χ2n) is 5.86. The number of nitrogens with zero attached hydrogens (tertiary/aromatic N) is 5. The number of hydrogen-bond donors (Lipinski definition) is 1. The number of imidazole rings is 1. The number of nitriles is 1. The lowest BCUT2D eigenvalue weighted by molar-refractivity contribution is 0.192. The van der Waals surface area contributed by atoms with Crippen LogP contribution in [0.2, 0.25) is 0 Å². The molecule has 0 atom stereocenters. The second-order valence-corrected chi connectivity index (χ2v) is 5.86. The van der Waals surface area contributed by atoms with Gasteiger partial charge in [-0.3, -0.25) is 0 Å². The summed E-state index contributed by atoms with van der Waals surface area (Å²) in [7, 11) is 0. The van der Waals surface area contributed by atoms with E-state index in [1.165, 1.54) is 5.52 Å². The fourth-order valence-corrected chi connectivity index (χ4v) is 3.44. The van der Waals surface area contributed by atoms with Crippen LogP contribution in [0.15, 0.2) is 24.8 Å². The third-order valence-corrected chi connectivity index (χ3v) is 4.61. The molecule has 3 aromatic rings. The molecule has 3 aromatic heterocycles. The number of nitrogens with one attached hydrogen (secondary N) is 1. The van der Waals surface area contributed by atoms with Gasteiger partial charge in [-0.15, -0.1) is 0 Å². The molecule has 0 spiro atoms. The molecule has 0 amide bonds. The lowest BCUT2D eigenvalue weighted by Crippen LogP contribution is -2.35. The summed E-state index contributed by atoms with van der Waals surface area (Å²) in [5, 5.41) is 9.84. The van der Waals surface area contributed by atoms with E-state index in [0.29, 0.717) is 12.5 Å². The van der Waals surface area contributed by atoms with Crippen molar-refractivity contribution in [2.24, 2.45) is 0 Å². The van der Waals surface area contributed by atoms with Crippen LogP contribution >= 0.6 is 0 Å². The molecule has 1 saturated heterocycles. The summed E-state index contributed by atoms with van der Waals surface area (Å²) >= 11 is 0. The van der Waals surface area contributed by atoms with Crippen LogP contribution in [0.25, 0.3) is 22.1 Å². The van der Waals surface area contributed by atoms with Gasteiger partial charge in [0.2, 0.25) is 0 Å². The first-order valence-corrected chi connectivity index (χ1v) is 7.75. The van der Waals surface area contributed by atoms with Crippen LogP contribution in [0.5, 0.6) is 0 Å². The summed E-state index contributed by atoms with van der Waals surface area (Å²) in [4.78, 5) is 14.5. The third kappa shape index (κ3) is 2.14. The fraction of sp³-hybridized carbons (Fsp3) is 0.438. The number of fused-ring (bicyclic) bond motifs is 3. The van der Waals surface area contributed by atoms with Gasteiger partial charge in [-0.2, -0.15) is 5.26 Å². The Morgan fingerprint density at radius 2 is 2.18 bits per heavy atom. The van der Waals surface area contributed by atoms with Crippen molar-refractivity contribution < 1.29 is 0 Å². The number of rotatable bonds is 3. The van der Waals surface area contributed by atoms with Gasteiger partial charge in [0, 0.05) is 43.7 Å². The molecule has 4 heterocycles. The molecular weight excluding hydrogens is 276 g/mol. The molecular formula is C16H18N6. The number of aromatic nitrogens is 4. The van der Waals surface area contributed by atoms with Crippen LogP contribution in [0, 0.1) is 11.3 Å². The van der Waals surface area contributed by atoms with Crippen molar-refractivity contribution in [3.8, 4) is 6.07 Å². The molecule has 0 aliphatic carbocycles. The molecule has 112 valence electrons. The monoisotopic (exact) mass is 294 g/mol. The maximum Gasteiger partial charge on any atom is 0.139 e. The molecule has 0 aromatic carbocycles. The predicted octanol–water partition coefficient (Wildman–Crippen LogP) is 2.46. The van der Waals surface area contributed by atoms with Crippen LogP contribution in [0.1, 0.15) is 25.3 Å². The molecule has 0 radical (unpaired) electrons. The Kier molecular flexibility index (Phi) is 3.28. The summed E-state index contributed by atoms with van der Waals surface area (Å²) in [5.41, 5.74) is 3.06. The van der Waals surface area contributed by atoms with E-state index in [0.717, 1.165) is 49.0 Å². The van der Waals surface area contributed by atoms with Gasteiger partial charge >= 0.3 is 0 Å². The van der Waals surface area contributed by atoms with Crippen LogP contribution in [-0.4, -0.2) is 44.1 Å². The van der Waals surface area contributed by atoms with Crippen LogP contribution in [-0.2, 0) is 0 Å². The summed E-state index contributed by atoms with van der Waals surface area (Å²) in [6.07, 6.45) is 8.55. The van der Waals surface area contributed by atoms with Crippen LogP contribution in [0.3, 0.4) is 0 Å². The Morgan fingerprint density at radius 3 is 3.00 bits per heavy atom. The zero-order valence-corrected chi connectivity index (χ0v) is 12.4. The van der Waals surface area contributed by atoms with E-state index >= 15 is 0 Å². The van der Waals surface area contributed by atoms with Crippen molar-refractivity contribution >= 4 is 22.1 Å². The van der Waals surface area contributed by atoms with Gasteiger partial charge in [0.25, 0.3) is 0 Å². The minimum atomic E-state index is 0.476. The number of likely N-dealkylation sites (tertiary alicyclic amines) is 1. The molecule has 6 heteroatoms. The molecule has 1 fully saturated rings. The Morgan fingerprint density at radius 1 is 1.32 bits per heavy atom. The zero-order chi connectivity index (χ0) is 14.9. The van der Waals surface area contributed by atoms with Gasteiger partial charge in [-0.05, 0) is 18.9 Å². The average molecular weight is 294 g/mol. The highest BCUT2D eigenvalue weighted by Gasteiger charge is 2.22. The number of pyridine rings is 1. The Hall–Kier alpha value is -2.39. The lowest BCUT2D eigenvalue weighted by atomic mass is 10.0. The van der Waals surface area contributed by atoms with E-state index < -0.39 is 0 Å². The summed E-state index contributed by atoms with van der Waals surface area (Å²) in [6, 6.07) is 4.78. The third-order valence-electron chi connectivity index (χ3n) is 4.61. The van der Waals surface area contributed by atoms with Crippen molar-refractivity contribution in [3.63, 3.8) is 0 Å². The van der Waals surface area contributed by atoms with Crippen molar-refractivity contribution in [1.29, 1.82) is 5.26 Å². The number of piperidine rings is 1. The normalized spacial score (nSPS) is 17.2. The van der Waals surface area contributed by atoms with Gasteiger partial charge in [0.1, 0.15) is 11.2 Å². The Labute approximate surface area is 128 Å². The first-order chi connectivity index (χ1) is 10.9. The smallest absolute Gasteiger partial charge is 0.139 e. The predicted molar refractivity (Wildman–Crippen MR) is 84.3 cm³/mol. The maximum absolute atomic E-state index is 8.70. The standard InChI is InChI=1S/C16H18N6/c17-5-1-7-21-8-3-12(4-9-21)22-11-20-14-10-19-16-13(15(14)22)2-6-18-16/h2,6,10-12H,1,3-4,7-9H2,(H,18,19). The van der Waals surface area contributed by atoms with Gasteiger partial charge in [-0.25, -0.2) is 9.97 Å². The van der Waals surface area contributed by atoms with Crippen molar-refractivity contribution in [2.75, 3.05) is 19.6 Å². The molecule has 1 aliphatic rings. The van der Waals surface area contributed by atoms with E-state index in [9.17, 15) is 0 Å². The molecule has 0 saturated carbocycles.